The number of benzene rings is 2. The van der Waals surface area contributed by atoms with Crippen LogP contribution in [0.5, 0.6) is 11.5 Å². The second-order valence-electron chi connectivity index (χ2n) is 8.16. The van der Waals surface area contributed by atoms with Gasteiger partial charge in [0.05, 0.1) is 19.3 Å². The van der Waals surface area contributed by atoms with Gasteiger partial charge in [-0.1, -0.05) is 24.3 Å². The van der Waals surface area contributed by atoms with Gasteiger partial charge in [-0.25, -0.2) is 9.59 Å². The molecule has 4 atom stereocenters. The van der Waals surface area contributed by atoms with Crippen LogP contribution in [0, 0.1) is 0 Å². The number of carboxylic acid groups (broad SMARTS) is 2. The van der Waals surface area contributed by atoms with Crippen molar-refractivity contribution in [1.82, 2.24) is 0 Å². The average molecular weight is 505 g/mol. The molecular formula is C26H32O10. The molecule has 2 aromatic carbocycles. The van der Waals surface area contributed by atoms with Gasteiger partial charge in [0, 0.05) is 25.5 Å². The van der Waals surface area contributed by atoms with Crippen LogP contribution in [-0.4, -0.2) is 75.8 Å². The lowest BCUT2D eigenvalue weighted by atomic mass is 9.89. The van der Waals surface area contributed by atoms with E-state index in [-0.39, 0.29) is 18.3 Å². The number of methoxy groups -OCH3 is 1. The fourth-order valence-corrected chi connectivity index (χ4v) is 3.70. The molecule has 0 bridgehead atoms. The van der Waals surface area contributed by atoms with Crippen LogP contribution < -0.4 is 4.74 Å². The van der Waals surface area contributed by atoms with Gasteiger partial charge in [0.2, 0.25) is 0 Å². The molecule has 0 unspecified atom stereocenters. The van der Waals surface area contributed by atoms with Gasteiger partial charge in [0.15, 0.2) is 0 Å². The number of aromatic hydroxyl groups is 1. The number of rotatable bonds is 9. The Morgan fingerprint density at radius 3 is 2.42 bits per heavy atom. The molecule has 0 spiro atoms. The lowest BCUT2D eigenvalue weighted by molar-refractivity contribution is -0.170. The average Bonchev–Trinajstić information content (AvgIpc) is 2.84. The largest absolute Gasteiger partial charge is 0.508 e. The Morgan fingerprint density at radius 2 is 1.75 bits per heavy atom. The van der Waals surface area contributed by atoms with E-state index in [4.69, 9.17) is 29.2 Å². The number of hydrogen-bond donors (Lipinski definition) is 5. The summed E-state index contributed by atoms with van der Waals surface area (Å²) in [6.45, 7) is 0.492. The third-order valence-electron chi connectivity index (χ3n) is 5.44. The Kier molecular flexibility index (Phi) is 11.7. The summed E-state index contributed by atoms with van der Waals surface area (Å²) in [7, 11) is 1.64. The predicted octanol–water partition coefficient (Wildman–Crippen LogP) is 3.08. The first-order valence-corrected chi connectivity index (χ1v) is 11.4. The summed E-state index contributed by atoms with van der Waals surface area (Å²) in [6, 6.07) is 14.2. The molecule has 1 aliphatic rings. The van der Waals surface area contributed by atoms with Crippen molar-refractivity contribution < 1.29 is 49.3 Å². The van der Waals surface area contributed by atoms with Gasteiger partial charge in [0.1, 0.15) is 23.7 Å². The van der Waals surface area contributed by atoms with E-state index in [9.17, 15) is 20.1 Å². The molecule has 0 aromatic heterocycles. The minimum Gasteiger partial charge on any atom is -0.508 e. The van der Waals surface area contributed by atoms with Gasteiger partial charge in [-0.3, -0.25) is 0 Å². The number of ether oxygens (including phenoxy) is 3. The maximum Gasteiger partial charge on any atom is 0.503 e. The van der Waals surface area contributed by atoms with Gasteiger partial charge in [-0.15, -0.1) is 0 Å². The van der Waals surface area contributed by atoms with E-state index >= 15 is 0 Å². The molecule has 0 amide bonds. The first-order valence-electron chi connectivity index (χ1n) is 11.4. The fourth-order valence-electron chi connectivity index (χ4n) is 3.70. The second kappa shape index (κ2) is 14.7. The van der Waals surface area contributed by atoms with Crippen LogP contribution in [0.1, 0.15) is 30.4 Å². The van der Waals surface area contributed by atoms with Crippen molar-refractivity contribution >= 4 is 18.2 Å². The summed E-state index contributed by atoms with van der Waals surface area (Å²) in [5.74, 6) is 0.337. The van der Waals surface area contributed by atoms with Crippen LogP contribution in [0.4, 0.5) is 4.79 Å². The van der Waals surface area contributed by atoms with Crippen molar-refractivity contribution in [3.05, 3.63) is 65.7 Å². The third-order valence-corrected chi connectivity index (χ3v) is 5.44. The van der Waals surface area contributed by atoms with Gasteiger partial charge in [-0.05, 0) is 54.3 Å². The molecule has 0 aliphatic heterocycles. The van der Waals surface area contributed by atoms with Crippen LogP contribution in [0.15, 0.2) is 54.6 Å². The number of esters is 1. The summed E-state index contributed by atoms with van der Waals surface area (Å²) < 4.78 is 16.5. The highest BCUT2D eigenvalue weighted by Crippen LogP contribution is 2.25. The molecule has 196 valence electrons. The van der Waals surface area contributed by atoms with Crippen molar-refractivity contribution in [2.75, 3.05) is 13.7 Å². The monoisotopic (exact) mass is 504 g/mol. The Bertz CT molecular complexity index is 984. The maximum atomic E-state index is 12.2. The molecule has 10 nitrogen and oxygen atoms in total. The van der Waals surface area contributed by atoms with E-state index in [0.717, 1.165) is 29.7 Å². The molecule has 2 aromatic rings. The zero-order valence-corrected chi connectivity index (χ0v) is 19.9. The zero-order valence-electron chi connectivity index (χ0n) is 19.9. The lowest BCUT2D eigenvalue weighted by Gasteiger charge is -2.36. The van der Waals surface area contributed by atoms with Crippen LogP contribution >= 0.6 is 0 Å². The molecule has 0 radical (unpaired) electrons. The third kappa shape index (κ3) is 10.3. The maximum absolute atomic E-state index is 12.2. The van der Waals surface area contributed by atoms with E-state index in [1.54, 1.807) is 25.3 Å². The number of carbonyl (C=O) groups excluding carboxylic acids is 1. The molecule has 1 fully saturated rings. The van der Waals surface area contributed by atoms with E-state index in [1.807, 2.05) is 24.3 Å². The first-order chi connectivity index (χ1) is 17.2. The predicted molar refractivity (Wildman–Crippen MR) is 130 cm³/mol. The normalized spacial score (nSPS) is 21.3. The Hall–Kier alpha value is -3.60. The van der Waals surface area contributed by atoms with Crippen LogP contribution in [-0.2, 0) is 20.7 Å². The van der Waals surface area contributed by atoms with Crippen LogP contribution in [0.2, 0.25) is 0 Å². The van der Waals surface area contributed by atoms with Crippen molar-refractivity contribution in [1.29, 1.82) is 0 Å². The minimum absolute atomic E-state index is 0.138. The summed E-state index contributed by atoms with van der Waals surface area (Å²) in [5.41, 5.74) is 1.88. The van der Waals surface area contributed by atoms with Gasteiger partial charge in [0.25, 0.3) is 0 Å². The van der Waals surface area contributed by atoms with E-state index < -0.39 is 30.4 Å². The Morgan fingerprint density at radius 1 is 1.06 bits per heavy atom. The SMILES string of the molecule is COc1cccc(CCCO[C@H]2C[C@H](O)[C@@H](O)[C@H](OC(=O)/C=C/c3ccc(O)cc3)C2)c1.O=C(O)O. The minimum atomic E-state index is -1.83. The quantitative estimate of drug-likeness (QED) is 0.195. The summed E-state index contributed by atoms with van der Waals surface area (Å²) >= 11 is 0. The zero-order chi connectivity index (χ0) is 26.5. The summed E-state index contributed by atoms with van der Waals surface area (Å²) in [6.07, 6.45) is -0.129. The lowest BCUT2D eigenvalue weighted by Crippen LogP contribution is -2.48. The summed E-state index contributed by atoms with van der Waals surface area (Å²) in [4.78, 5) is 20.7. The van der Waals surface area contributed by atoms with Gasteiger partial charge >= 0.3 is 12.1 Å². The number of phenols is 1. The molecule has 3 rings (SSSR count). The molecule has 0 heterocycles. The van der Waals surface area contributed by atoms with E-state index in [1.165, 1.54) is 18.2 Å². The highest BCUT2D eigenvalue weighted by Gasteiger charge is 2.38. The number of aryl methyl sites for hydroxylation is 1. The number of aliphatic hydroxyl groups is 2. The number of aliphatic hydroxyl groups excluding tert-OH is 2. The standard InChI is InChI=1S/C25H30O7.CH2O3/c1-30-20-6-2-4-18(14-20)5-3-13-31-21-15-22(27)25(29)23(16-21)32-24(28)12-9-17-7-10-19(26)11-8-17;2-1(3)4/h2,4,6-12,14,21-23,25-27,29H,3,5,13,15-16H2,1H3;(H2,2,3,4)/b12-9+;/t21-,22-,23+,25+;/m0./s1. The molecule has 36 heavy (non-hydrogen) atoms. The molecule has 10 heteroatoms. The number of carbonyl (C=O) groups is 2. The number of phenolic OH excluding ortho intramolecular Hbond substituents is 1. The molecule has 5 N–H and O–H groups in total. The van der Waals surface area contributed by atoms with Crippen molar-refractivity contribution in [3.63, 3.8) is 0 Å². The Labute approximate surface area is 209 Å². The topological polar surface area (TPSA) is 163 Å². The molecule has 1 saturated carbocycles. The Balaban J connectivity index is 0.00000106. The van der Waals surface area contributed by atoms with Gasteiger partial charge < -0.3 is 39.7 Å². The van der Waals surface area contributed by atoms with Crippen molar-refractivity contribution in [3.8, 4) is 11.5 Å². The highest BCUT2D eigenvalue weighted by atomic mass is 16.6. The number of hydrogen-bond acceptors (Lipinski definition) is 8. The molecular weight excluding hydrogens is 472 g/mol. The smallest absolute Gasteiger partial charge is 0.503 e. The van der Waals surface area contributed by atoms with Crippen molar-refractivity contribution in [2.24, 2.45) is 0 Å². The molecule has 0 saturated heterocycles. The van der Waals surface area contributed by atoms with Crippen LogP contribution in [0.3, 0.4) is 0 Å². The molecule has 1 aliphatic carbocycles. The highest BCUT2D eigenvalue weighted by molar-refractivity contribution is 5.87. The van der Waals surface area contributed by atoms with E-state index in [2.05, 4.69) is 0 Å². The van der Waals surface area contributed by atoms with Crippen molar-refractivity contribution in [2.45, 2.75) is 50.1 Å². The fraction of sp³-hybridized carbons (Fsp3) is 0.385. The first kappa shape index (κ1) is 28.6. The second-order valence-corrected chi connectivity index (χ2v) is 8.16. The van der Waals surface area contributed by atoms with Crippen LogP contribution in [0.25, 0.3) is 6.08 Å². The van der Waals surface area contributed by atoms with Gasteiger partial charge in [-0.2, -0.15) is 0 Å². The van der Waals surface area contributed by atoms with E-state index in [0.29, 0.717) is 13.0 Å². The summed E-state index contributed by atoms with van der Waals surface area (Å²) in [5, 5.41) is 43.7.